The van der Waals surface area contributed by atoms with Crippen LogP contribution in [0.5, 0.6) is 0 Å². The molecule has 0 aliphatic carbocycles. The molecule has 3 nitrogen and oxygen atoms in total. The van der Waals surface area contributed by atoms with E-state index in [4.69, 9.17) is 0 Å². The molecule has 1 aliphatic rings. The zero-order valence-corrected chi connectivity index (χ0v) is 10.2. The SMILES string of the molecule is CC1CN(C(=O)c2ccncc2)c2ccccc21. The number of hydrogen-bond acceptors (Lipinski definition) is 2. The molecule has 0 spiro atoms. The van der Waals surface area contributed by atoms with Crippen molar-refractivity contribution in [3.05, 3.63) is 59.9 Å². The molecule has 1 aliphatic heterocycles. The average Bonchev–Trinajstić information content (AvgIpc) is 2.77. The van der Waals surface area contributed by atoms with Crippen LogP contribution in [0.3, 0.4) is 0 Å². The highest BCUT2D eigenvalue weighted by molar-refractivity contribution is 6.07. The first-order valence-electron chi connectivity index (χ1n) is 6.08. The minimum atomic E-state index is 0.0502. The van der Waals surface area contributed by atoms with Crippen LogP contribution in [0, 0.1) is 0 Å². The molecule has 0 saturated carbocycles. The van der Waals surface area contributed by atoms with Crippen LogP contribution in [-0.2, 0) is 0 Å². The van der Waals surface area contributed by atoms with Crippen LogP contribution < -0.4 is 4.90 Å². The highest BCUT2D eigenvalue weighted by Crippen LogP contribution is 2.36. The molecular weight excluding hydrogens is 224 g/mol. The van der Waals surface area contributed by atoms with Crippen LogP contribution >= 0.6 is 0 Å². The number of fused-ring (bicyclic) bond motifs is 1. The van der Waals surface area contributed by atoms with Crippen molar-refractivity contribution in [3.63, 3.8) is 0 Å². The highest BCUT2D eigenvalue weighted by Gasteiger charge is 2.29. The molecule has 2 aromatic rings. The van der Waals surface area contributed by atoms with E-state index in [0.29, 0.717) is 11.5 Å². The van der Waals surface area contributed by atoms with Crippen molar-refractivity contribution >= 4 is 11.6 Å². The van der Waals surface area contributed by atoms with Gasteiger partial charge in [0, 0.05) is 36.1 Å². The second kappa shape index (κ2) is 4.26. The van der Waals surface area contributed by atoms with Crippen molar-refractivity contribution in [1.82, 2.24) is 4.98 Å². The number of amides is 1. The molecule has 18 heavy (non-hydrogen) atoms. The summed E-state index contributed by atoms with van der Waals surface area (Å²) in [6, 6.07) is 11.6. The number of aromatic nitrogens is 1. The Morgan fingerprint density at radius 1 is 1.22 bits per heavy atom. The number of anilines is 1. The van der Waals surface area contributed by atoms with Crippen LogP contribution in [0.15, 0.2) is 48.8 Å². The Hall–Kier alpha value is -2.16. The molecule has 0 saturated heterocycles. The van der Waals surface area contributed by atoms with E-state index in [1.165, 1.54) is 5.56 Å². The minimum absolute atomic E-state index is 0.0502. The second-order valence-electron chi connectivity index (χ2n) is 4.61. The van der Waals surface area contributed by atoms with Gasteiger partial charge in [0.25, 0.3) is 5.91 Å². The normalized spacial score (nSPS) is 17.6. The van der Waals surface area contributed by atoms with Gasteiger partial charge in [-0.15, -0.1) is 0 Å². The second-order valence-corrected chi connectivity index (χ2v) is 4.61. The number of hydrogen-bond donors (Lipinski definition) is 0. The molecule has 0 fully saturated rings. The van der Waals surface area contributed by atoms with Crippen LogP contribution in [0.1, 0.15) is 28.8 Å². The van der Waals surface area contributed by atoms with Gasteiger partial charge in [-0.25, -0.2) is 0 Å². The number of benzene rings is 1. The lowest BCUT2D eigenvalue weighted by Crippen LogP contribution is -2.29. The number of pyridine rings is 1. The third kappa shape index (κ3) is 1.68. The summed E-state index contributed by atoms with van der Waals surface area (Å²) in [5, 5.41) is 0. The maximum Gasteiger partial charge on any atom is 0.258 e. The Morgan fingerprint density at radius 2 is 1.94 bits per heavy atom. The first-order chi connectivity index (χ1) is 8.77. The monoisotopic (exact) mass is 238 g/mol. The molecule has 90 valence electrons. The summed E-state index contributed by atoms with van der Waals surface area (Å²) in [6.45, 7) is 2.90. The standard InChI is InChI=1S/C15H14N2O/c1-11-10-17(14-5-3-2-4-13(11)14)15(18)12-6-8-16-9-7-12/h2-9,11H,10H2,1H3. The fourth-order valence-electron chi connectivity index (χ4n) is 2.46. The zero-order chi connectivity index (χ0) is 12.5. The lowest BCUT2D eigenvalue weighted by molar-refractivity contribution is 0.0988. The Balaban J connectivity index is 1.98. The summed E-state index contributed by atoms with van der Waals surface area (Å²) in [5.41, 5.74) is 2.97. The van der Waals surface area contributed by atoms with Crippen molar-refractivity contribution in [2.75, 3.05) is 11.4 Å². The first-order valence-corrected chi connectivity index (χ1v) is 6.08. The molecule has 1 atom stereocenters. The van der Waals surface area contributed by atoms with E-state index in [0.717, 1.165) is 12.2 Å². The van der Waals surface area contributed by atoms with E-state index in [1.54, 1.807) is 24.5 Å². The lowest BCUT2D eigenvalue weighted by Gasteiger charge is -2.17. The van der Waals surface area contributed by atoms with E-state index in [1.807, 2.05) is 23.1 Å². The molecule has 1 aromatic carbocycles. The van der Waals surface area contributed by atoms with Gasteiger partial charge in [-0.1, -0.05) is 25.1 Å². The molecule has 1 unspecified atom stereocenters. The van der Waals surface area contributed by atoms with E-state index >= 15 is 0 Å². The van der Waals surface area contributed by atoms with Gasteiger partial charge in [-0.3, -0.25) is 9.78 Å². The summed E-state index contributed by atoms with van der Waals surface area (Å²) in [4.78, 5) is 18.3. The molecule has 3 rings (SSSR count). The fraction of sp³-hybridized carbons (Fsp3) is 0.200. The van der Waals surface area contributed by atoms with Gasteiger partial charge in [-0.05, 0) is 23.8 Å². The number of carbonyl (C=O) groups is 1. The zero-order valence-electron chi connectivity index (χ0n) is 10.2. The molecule has 1 aromatic heterocycles. The Bertz CT molecular complexity index is 580. The molecule has 0 bridgehead atoms. The predicted molar refractivity (Wildman–Crippen MR) is 70.8 cm³/mol. The average molecular weight is 238 g/mol. The van der Waals surface area contributed by atoms with Crippen LogP contribution in [0.4, 0.5) is 5.69 Å². The van der Waals surface area contributed by atoms with Gasteiger partial charge >= 0.3 is 0 Å². The molecule has 1 amide bonds. The highest BCUT2D eigenvalue weighted by atomic mass is 16.2. The Labute approximate surface area is 106 Å². The van der Waals surface area contributed by atoms with E-state index in [2.05, 4.69) is 18.0 Å². The summed E-state index contributed by atoms with van der Waals surface area (Å²) >= 11 is 0. The van der Waals surface area contributed by atoms with E-state index < -0.39 is 0 Å². The number of rotatable bonds is 1. The minimum Gasteiger partial charge on any atom is -0.307 e. The molecule has 0 radical (unpaired) electrons. The van der Waals surface area contributed by atoms with Crippen molar-refractivity contribution in [2.45, 2.75) is 12.8 Å². The summed E-state index contributed by atoms with van der Waals surface area (Å²) < 4.78 is 0. The lowest BCUT2D eigenvalue weighted by atomic mass is 10.0. The molecule has 0 N–H and O–H groups in total. The van der Waals surface area contributed by atoms with E-state index in [9.17, 15) is 4.79 Å². The number of para-hydroxylation sites is 1. The topological polar surface area (TPSA) is 33.2 Å². The van der Waals surface area contributed by atoms with Crippen molar-refractivity contribution in [1.29, 1.82) is 0 Å². The number of carbonyl (C=O) groups excluding carboxylic acids is 1. The summed E-state index contributed by atoms with van der Waals surface area (Å²) in [5.74, 6) is 0.446. The van der Waals surface area contributed by atoms with Crippen molar-refractivity contribution in [2.24, 2.45) is 0 Å². The van der Waals surface area contributed by atoms with Gasteiger partial charge in [0.2, 0.25) is 0 Å². The Kier molecular flexibility index (Phi) is 2.59. The molecule has 3 heteroatoms. The van der Waals surface area contributed by atoms with Gasteiger partial charge in [0.15, 0.2) is 0 Å². The smallest absolute Gasteiger partial charge is 0.258 e. The molecule has 2 heterocycles. The number of nitrogens with zero attached hydrogens (tertiary/aromatic N) is 2. The maximum absolute atomic E-state index is 12.5. The first kappa shape index (κ1) is 11.0. The van der Waals surface area contributed by atoms with E-state index in [-0.39, 0.29) is 5.91 Å². The maximum atomic E-state index is 12.5. The quantitative estimate of drug-likeness (QED) is 0.765. The van der Waals surface area contributed by atoms with Crippen LogP contribution in [0.2, 0.25) is 0 Å². The largest absolute Gasteiger partial charge is 0.307 e. The van der Waals surface area contributed by atoms with Crippen molar-refractivity contribution in [3.8, 4) is 0 Å². The third-order valence-corrected chi connectivity index (χ3v) is 3.39. The molecular formula is C15H14N2O. The van der Waals surface area contributed by atoms with Gasteiger partial charge in [-0.2, -0.15) is 0 Å². The van der Waals surface area contributed by atoms with Gasteiger partial charge < -0.3 is 4.90 Å². The predicted octanol–water partition coefficient (Wildman–Crippen LogP) is 2.85. The van der Waals surface area contributed by atoms with Crippen LogP contribution in [-0.4, -0.2) is 17.4 Å². The summed E-state index contributed by atoms with van der Waals surface area (Å²) in [6.07, 6.45) is 3.30. The van der Waals surface area contributed by atoms with Gasteiger partial charge in [0.1, 0.15) is 0 Å². The van der Waals surface area contributed by atoms with Crippen molar-refractivity contribution < 1.29 is 4.79 Å². The fourth-order valence-corrected chi connectivity index (χ4v) is 2.46. The van der Waals surface area contributed by atoms with Crippen LogP contribution in [0.25, 0.3) is 0 Å². The Morgan fingerprint density at radius 3 is 2.72 bits per heavy atom. The van der Waals surface area contributed by atoms with Gasteiger partial charge in [0.05, 0.1) is 0 Å². The third-order valence-electron chi connectivity index (χ3n) is 3.39. The summed E-state index contributed by atoms with van der Waals surface area (Å²) in [7, 11) is 0.